The lowest BCUT2D eigenvalue weighted by molar-refractivity contribution is 0.384. The van der Waals surface area contributed by atoms with Crippen molar-refractivity contribution in [2.45, 2.75) is 37.3 Å². The molecule has 112 valence electrons. The molecule has 1 aromatic carbocycles. The van der Waals surface area contributed by atoms with Crippen molar-refractivity contribution in [3.63, 3.8) is 0 Å². The van der Waals surface area contributed by atoms with Crippen molar-refractivity contribution in [1.29, 1.82) is 0 Å². The highest BCUT2D eigenvalue weighted by Gasteiger charge is 2.36. The number of aryl methyl sites for hydroxylation is 1. The van der Waals surface area contributed by atoms with Crippen LogP contribution in [0.25, 0.3) is 0 Å². The van der Waals surface area contributed by atoms with Gasteiger partial charge in [-0.15, -0.1) is 0 Å². The Morgan fingerprint density at radius 3 is 2.76 bits per heavy atom. The van der Waals surface area contributed by atoms with Crippen molar-refractivity contribution in [2.75, 3.05) is 6.54 Å². The fraction of sp³-hybridized carbons (Fsp3) is 0.400. The molecule has 0 amide bonds. The van der Waals surface area contributed by atoms with Gasteiger partial charge in [0.2, 0.25) is 0 Å². The van der Waals surface area contributed by atoms with E-state index < -0.39 is 10.0 Å². The van der Waals surface area contributed by atoms with Crippen molar-refractivity contribution in [2.24, 2.45) is 0 Å². The molecule has 0 spiro atoms. The van der Waals surface area contributed by atoms with Crippen LogP contribution in [0.1, 0.15) is 24.2 Å². The van der Waals surface area contributed by atoms with Crippen LogP contribution < -0.4 is 0 Å². The minimum atomic E-state index is -3.47. The van der Waals surface area contributed by atoms with Crippen LogP contribution in [0.4, 0.5) is 0 Å². The van der Waals surface area contributed by atoms with Gasteiger partial charge in [0.05, 0.1) is 6.20 Å². The van der Waals surface area contributed by atoms with Crippen LogP contribution in [-0.2, 0) is 16.4 Å². The maximum Gasteiger partial charge on any atom is 0.260 e. The van der Waals surface area contributed by atoms with Gasteiger partial charge in [0.15, 0.2) is 5.03 Å². The molecule has 2 heterocycles. The Hall–Kier alpha value is -1.66. The van der Waals surface area contributed by atoms with Gasteiger partial charge in [0, 0.05) is 12.6 Å². The zero-order valence-electron chi connectivity index (χ0n) is 12.0. The maximum absolute atomic E-state index is 12.7. The van der Waals surface area contributed by atoms with Crippen molar-refractivity contribution in [1.82, 2.24) is 14.3 Å². The summed E-state index contributed by atoms with van der Waals surface area (Å²) >= 11 is 0. The Morgan fingerprint density at radius 1 is 1.33 bits per heavy atom. The lowest BCUT2D eigenvalue weighted by atomic mass is 10.1. The van der Waals surface area contributed by atoms with E-state index in [-0.39, 0.29) is 11.1 Å². The van der Waals surface area contributed by atoms with E-state index in [2.05, 4.69) is 9.97 Å². The predicted molar refractivity (Wildman–Crippen MR) is 80.4 cm³/mol. The Balaban J connectivity index is 1.84. The Kier molecular flexibility index (Phi) is 3.82. The number of hydrogen-bond acceptors (Lipinski definition) is 3. The number of imidazole rings is 1. The van der Waals surface area contributed by atoms with E-state index in [1.54, 1.807) is 11.2 Å². The SMILES string of the molecule is Cc1ncc(S(=O)(=O)N2CCCC2Cc2ccccc2)[nH]1. The number of nitrogens with one attached hydrogen (secondary N) is 1. The van der Waals surface area contributed by atoms with Crippen molar-refractivity contribution in [3.8, 4) is 0 Å². The van der Waals surface area contributed by atoms with Gasteiger partial charge in [-0.2, -0.15) is 4.31 Å². The topological polar surface area (TPSA) is 66.1 Å². The summed E-state index contributed by atoms with van der Waals surface area (Å²) in [6, 6.07) is 10.1. The second-order valence-corrected chi connectivity index (χ2v) is 7.29. The maximum atomic E-state index is 12.7. The number of rotatable bonds is 4. The quantitative estimate of drug-likeness (QED) is 0.941. The molecule has 1 N–H and O–H groups in total. The summed E-state index contributed by atoms with van der Waals surface area (Å²) in [7, 11) is -3.47. The lowest BCUT2D eigenvalue weighted by Gasteiger charge is -2.23. The van der Waals surface area contributed by atoms with E-state index in [1.165, 1.54) is 11.8 Å². The standard InChI is InChI=1S/C15H19N3O2S/c1-12-16-11-15(17-12)21(19,20)18-9-5-8-14(18)10-13-6-3-2-4-7-13/h2-4,6-7,11,14H,5,8-10H2,1H3,(H,16,17). The fourth-order valence-electron chi connectivity index (χ4n) is 2.87. The highest BCUT2D eigenvalue weighted by Crippen LogP contribution is 2.27. The smallest absolute Gasteiger partial charge is 0.260 e. The van der Waals surface area contributed by atoms with E-state index in [1.807, 2.05) is 30.3 Å². The van der Waals surface area contributed by atoms with Gasteiger partial charge in [-0.1, -0.05) is 30.3 Å². The van der Waals surface area contributed by atoms with E-state index in [0.717, 1.165) is 19.3 Å². The summed E-state index contributed by atoms with van der Waals surface area (Å²) in [5.74, 6) is 0.618. The molecule has 0 radical (unpaired) electrons. The molecule has 0 aliphatic carbocycles. The summed E-state index contributed by atoms with van der Waals surface area (Å²) in [4.78, 5) is 6.84. The minimum absolute atomic E-state index is 0.0287. The molecule has 21 heavy (non-hydrogen) atoms. The number of sulfonamides is 1. The number of hydrogen-bond donors (Lipinski definition) is 1. The Morgan fingerprint density at radius 2 is 2.10 bits per heavy atom. The average Bonchev–Trinajstić information content (AvgIpc) is 3.09. The molecule has 1 fully saturated rings. The highest BCUT2D eigenvalue weighted by atomic mass is 32.2. The zero-order chi connectivity index (χ0) is 14.9. The van der Waals surface area contributed by atoms with Gasteiger partial charge in [-0.25, -0.2) is 13.4 Å². The molecule has 1 aliphatic rings. The van der Waals surface area contributed by atoms with E-state index in [4.69, 9.17) is 0 Å². The molecule has 1 unspecified atom stereocenters. The van der Waals surface area contributed by atoms with Gasteiger partial charge in [-0.3, -0.25) is 0 Å². The first-order chi connectivity index (χ1) is 10.1. The lowest BCUT2D eigenvalue weighted by Crippen LogP contribution is -2.37. The summed E-state index contributed by atoms with van der Waals surface area (Å²) in [6.07, 6.45) is 3.97. The molecule has 0 bridgehead atoms. The zero-order valence-corrected chi connectivity index (χ0v) is 12.8. The fourth-order valence-corrected chi connectivity index (χ4v) is 4.53. The molecule has 1 aromatic heterocycles. The molecule has 3 rings (SSSR count). The van der Waals surface area contributed by atoms with Crippen LogP contribution in [0.5, 0.6) is 0 Å². The van der Waals surface area contributed by atoms with E-state index in [0.29, 0.717) is 12.4 Å². The predicted octanol–water partition coefficient (Wildman–Crippen LogP) is 2.11. The summed E-state index contributed by atoms with van der Waals surface area (Å²) in [5, 5.41) is 0.194. The van der Waals surface area contributed by atoms with Gasteiger partial charge in [0.1, 0.15) is 5.82 Å². The second-order valence-electron chi connectivity index (χ2n) is 5.43. The Bertz CT molecular complexity index is 710. The third-order valence-electron chi connectivity index (χ3n) is 3.90. The summed E-state index contributed by atoms with van der Waals surface area (Å²) < 4.78 is 27.0. The molecule has 5 nitrogen and oxygen atoms in total. The first kappa shape index (κ1) is 14.3. The van der Waals surface area contributed by atoms with Crippen molar-refractivity contribution in [3.05, 3.63) is 47.9 Å². The van der Waals surface area contributed by atoms with E-state index in [9.17, 15) is 8.42 Å². The number of benzene rings is 1. The van der Waals surface area contributed by atoms with Crippen LogP contribution in [0.15, 0.2) is 41.6 Å². The van der Waals surface area contributed by atoms with Crippen LogP contribution in [0.3, 0.4) is 0 Å². The van der Waals surface area contributed by atoms with Crippen LogP contribution >= 0.6 is 0 Å². The van der Waals surface area contributed by atoms with Crippen LogP contribution in [0.2, 0.25) is 0 Å². The van der Waals surface area contributed by atoms with Crippen LogP contribution in [-0.4, -0.2) is 35.3 Å². The number of aromatic nitrogens is 2. The van der Waals surface area contributed by atoms with Gasteiger partial charge >= 0.3 is 0 Å². The first-order valence-electron chi connectivity index (χ1n) is 7.15. The van der Waals surface area contributed by atoms with Gasteiger partial charge < -0.3 is 4.98 Å². The molecule has 0 saturated carbocycles. The summed E-state index contributed by atoms with van der Waals surface area (Å²) in [6.45, 7) is 2.34. The second kappa shape index (κ2) is 5.61. The third kappa shape index (κ3) is 2.87. The molecular formula is C15H19N3O2S. The molecule has 1 atom stereocenters. The van der Waals surface area contributed by atoms with Gasteiger partial charge in [-0.05, 0) is 31.7 Å². The monoisotopic (exact) mass is 305 g/mol. The summed E-state index contributed by atoms with van der Waals surface area (Å²) in [5.41, 5.74) is 1.17. The average molecular weight is 305 g/mol. The highest BCUT2D eigenvalue weighted by molar-refractivity contribution is 7.89. The van der Waals surface area contributed by atoms with Gasteiger partial charge in [0.25, 0.3) is 10.0 Å². The molecular weight excluding hydrogens is 286 g/mol. The first-order valence-corrected chi connectivity index (χ1v) is 8.59. The number of aromatic amines is 1. The third-order valence-corrected chi connectivity index (χ3v) is 5.76. The number of H-pyrrole nitrogens is 1. The van der Waals surface area contributed by atoms with Crippen molar-refractivity contribution < 1.29 is 8.42 Å². The normalized spacial score (nSPS) is 20.0. The number of nitrogens with zero attached hydrogens (tertiary/aromatic N) is 2. The molecule has 1 aliphatic heterocycles. The van der Waals surface area contributed by atoms with Crippen molar-refractivity contribution >= 4 is 10.0 Å². The minimum Gasteiger partial charge on any atom is -0.332 e. The molecule has 6 heteroatoms. The van der Waals surface area contributed by atoms with Crippen LogP contribution in [0, 0.1) is 6.92 Å². The van der Waals surface area contributed by atoms with E-state index >= 15 is 0 Å². The largest absolute Gasteiger partial charge is 0.332 e. The molecule has 1 saturated heterocycles. The molecule has 2 aromatic rings. The Labute approximate surface area is 125 Å².